The number of fused-ring (bicyclic) bond motifs is 1. The molecule has 29 heavy (non-hydrogen) atoms. The minimum atomic E-state index is -0.00509. The number of anilines is 2. The lowest BCUT2D eigenvalue weighted by Crippen LogP contribution is -2.40. The van der Waals surface area contributed by atoms with E-state index in [1.165, 1.54) is 12.8 Å². The number of nitrogens with zero attached hydrogens (tertiary/aromatic N) is 6. The molecule has 2 aromatic heterocycles. The van der Waals surface area contributed by atoms with Gasteiger partial charge >= 0.3 is 0 Å². The fourth-order valence-corrected chi connectivity index (χ4v) is 4.31. The smallest absolute Gasteiger partial charge is 0.255 e. The maximum Gasteiger partial charge on any atom is 0.255 e. The van der Waals surface area contributed by atoms with Crippen molar-refractivity contribution in [2.45, 2.75) is 32.4 Å². The Morgan fingerprint density at radius 2 is 1.86 bits per heavy atom. The van der Waals surface area contributed by atoms with Gasteiger partial charge in [0.15, 0.2) is 0 Å². The summed E-state index contributed by atoms with van der Waals surface area (Å²) in [5, 5.41) is 0. The van der Waals surface area contributed by atoms with Crippen LogP contribution in [0.1, 0.15) is 29.8 Å². The second kappa shape index (κ2) is 8.08. The number of aromatic nitrogens is 4. The molecule has 5 heterocycles. The summed E-state index contributed by atoms with van der Waals surface area (Å²) in [4.78, 5) is 36.2. The number of aromatic amines is 1. The van der Waals surface area contributed by atoms with Crippen LogP contribution in [0.2, 0.25) is 0 Å². The van der Waals surface area contributed by atoms with E-state index < -0.39 is 0 Å². The molecular weight excluding hydrogens is 370 g/mol. The number of ether oxygens (including phenoxy) is 1. The Bertz CT molecular complexity index is 919. The Labute approximate surface area is 169 Å². The van der Waals surface area contributed by atoms with Gasteiger partial charge in [0.25, 0.3) is 5.56 Å². The van der Waals surface area contributed by atoms with Gasteiger partial charge in [-0.25, -0.2) is 15.0 Å². The van der Waals surface area contributed by atoms with Gasteiger partial charge in [-0.1, -0.05) is 0 Å². The second-order valence-corrected chi connectivity index (χ2v) is 7.92. The molecule has 0 atom stereocenters. The van der Waals surface area contributed by atoms with Crippen LogP contribution in [0.3, 0.4) is 0 Å². The summed E-state index contributed by atoms with van der Waals surface area (Å²) < 4.78 is 5.41. The van der Waals surface area contributed by atoms with E-state index in [0.29, 0.717) is 32.1 Å². The lowest BCUT2D eigenvalue weighted by molar-refractivity contribution is 0.122. The van der Waals surface area contributed by atoms with E-state index in [1.54, 1.807) is 0 Å². The molecule has 9 nitrogen and oxygen atoms in total. The number of rotatable bonds is 4. The number of H-pyrrole nitrogens is 1. The predicted molar refractivity (Wildman–Crippen MR) is 109 cm³/mol. The van der Waals surface area contributed by atoms with Crippen molar-refractivity contribution in [3.63, 3.8) is 0 Å². The number of hydrogen-bond acceptors (Lipinski definition) is 8. The maximum absolute atomic E-state index is 12.6. The van der Waals surface area contributed by atoms with Crippen molar-refractivity contribution in [1.29, 1.82) is 0 Å². The fraction of sp³-hybridized carbons (Fsp3) is 0.600. The topological polar surface area (TPSA) is 90.5 Å². The molecule has 0 saturated carbocycles. The number of nitrogens with one attached hydrogen (secondary N) is 1. The van der Waals surface area contributed by atoms with Crippen LogP contribution in [0.25, 0.3) is 0 Å². The van der Waals surface area contributed by atoms with Crippen molar-refractivity contribution in [1.82, 2.24) is 24.8 Å². The molecule has 0 aromatic carbocycles. The van der Waals surface area contributed by atoms with E-state index in [1.807, 2.05) is 12.3 Å². The molecule has 0 spiro atoms. The zero-order valence-electron chi connectivity index (χ0n) is 16.6. The first-order valence-corrected chi connectivity index (χ1v) is 10.5. The monoisotopic (exact) mass is 397 g/mol. The van der Waals surface area contributed by atoms with Crippen LogP contribution in [0.5, 0.6) is 0 Å². The Morgan fingerprint density at radius 3 is 2.69 bits per heavy atom. The molecule has 2 saturated heterocycles. The van der Waals surface area contributed by atoms with Crippen molar-refractivity contribution in [2.75, 3.05) is 55.7 Å². The molecule has 9 heteroatoms. The molecule has 0 aliphatic carbocycles. The molecule has 154 valence electrons. The molecule has 1 N–H and O–H groups in total. The lowest BCUT2D eigenvalue weighted by atomic mass is 10.1. The Hall–Kier alpha value is -2.52. The summed E-state index contributed by atoms with van der Waals surface area (Å²) in [5.74, 6) is 1.50. The molecule has 2 aromatic rings. The minimum Gasteiger partial charge on any atom is -0.378 e. The Morgan fingerprint density at radius 1 is 1.03 bits per heavy atom. The van der Waals surface area contributed by atoms with Crippen LogP contribution in [0, 0.1) is 0 Å². The normalized spacial score (nSPS) is 20.1. The molecule has 5 rings (SSSR count). The SMILES string of the molecule is O=c1[nH]c(N2CCOCC2)nc2c1CCN(Cc1ccnc(N3CCCC3)n1)C2. The summed E-state index contributed by atoms with van der Waals surface area (Å²) in [5.41, 5.74) is 2.71. The first-order chi connectivity index (χ1) is 14.3. The van der Waals surface area contributed by atoms with Crippen LogP contribution < -0.4 is 15.4 Å². The average molecular weight is 397 g/mol. The van der Waals surface area contributed by atoms with Gasteiger partial charge in [0, 0.05) is 57.6 Å². The van der Waals surface area contributed by atoms with Gasteiger partial charge in [-0.15, -0.1) is 0 Å². The molecule has 0 radical (unpaired) electrons. The van der Waals surface area contributed by atoms with Crippen molar-refractivity contribution in [2.24, 2.45) is 0 Å². The first-order valence-electron chi connectivity index (χ1n) is 10.5. The molecule has 3 aliphatic rings. The first kappa shape index (κ1) is 18.5. The molecule has 2 fully saturated rings. The van der Waals surface area contributed by atoms with Gasteiger partial charge in [0.1, 0.15) is 0 Å². The molecule has 0 amide bonds. The van der Waals surface area contributed by atoms with Crippen LogP contribution in [-0.2, 0) is 24.2 Å². The van der Waals surface area contributed by atoms with Crippen molar-refractivity contribution < 1.29 is 4.74 Å². The highest BCUT2D eigenvalue weighted by atomic mass is 16.5. The largest absolute Gasteiger partial charge is 0.378 e. The quantitative estimate of drug-likeness (QED) is 0.800. The zero-order valence-corrected chi connectivity index (χ0v) is 16.6. The third-order valence-electron chi connectivity index (χ3n) is 5.93. The number of hydrogen-bond donors (Lipinski definition) is 1. The van der Waals surface area contributed by atoms with Crippen LogP contribution in [-0.4, -0.2) is 70.8 Å². The van der Waals surface area contributed by atoms with E-state index in [0.717, 1.165) is 62.2 Å². The number of morpholine rings is 1. The standard InChI is InChI=1S/C20H27N7O2/c28-18-16-4-8-25(13-15-3-5-21-19(22-15)26-6-1-2-7-26)14-17(16)23-20(24-18)27-9-11-29-12-10-27/h3,5H,1-2,4,6-14H2,(H,23,24,28). The third-order valence-corrected chi connectivity index (χ3v) is 5.93. The summed E-state index contributed by atoms with van der Waals surface area (Å²) in [6, 6.07) is 1.99. The highest BCUT2D eigenvalue weighted by Gasteiger charge is 2.24. The van der Waals surface area contributed by atoms with Gasteiger partial charge in [-0.05, 0) is 25.3 Å². The van der Waals surface area contributed by atoms with Crippen molar-refractivity contribution in [3.05, 3.63) is 39.6 Å². The maximum atomic E-state index is 12.6. The van der Waals surface area contributed by atoms with Gasteiger partial charge in [0.05, 0.1) is 24.6 Å². The third kappa shape index (κ3) is 3.97. The van der Waals surface area contributed by atoms with Crippen molar-refractivity contribution >= 4 is 11.9 Å². The Kier molecular flexibility index (Phi) is 5.15. The zero-order chi connectivity index (χ0) is 19.6. The minimum absolute atomic E-state index is 0.00509. The van der Waals surface area contributed by atoms with E-state index in [4.69, 9.17) is 14.7 Å². The molecule has 0 unspecified atom stereocenters. The van der Waals surface area contributed by atoms with Gasteiger partial charge < -0.3 is 14.5 Å². The van der Waals surface area contributed by atoms with E-state index in [2.05, 4.69) is 24.7 Å². The fourth-order valence-electron chi connectivity index (χ4n) is 4.31. The Balaban J connectivity index is 1.32. The summed E-state index contributed by atoms with van der Waals surface area (Å²) >= 11 is 0. The molecular formula is C20H27N7O2. The summed E-state index contributed by atoms with van der Waals surface area (Å²) in [6.45, 7) is 7.16. The van der Waals surface area contributed by atoms with E-state index >= 15 is 0 Å². The second-order valence-electron chi connectivity index (χ2n) is 7.92. The van der Waals surface area contributed by atoms with E-state index in [-0.39, 0.29) is 5.56 Å². The summed E-state index contributed by atoms with van der Waals surface area (Å²) in [7, 11) is 0. The van der Waals surface area contributed by atoms with Crippen LogP contribution in [0.4, 0.5) is 11.9 Å². The average Bonchev–Trinajstić information content (AvgIpc) is 3.29. The van der Waals surface area contributed by atoms with Crippen LogP contribution in [0.15, 0.2) is 17.1 Å². The highest BCUT2D eigenvalue weighted by molar-refractivity contribution is 5.35. The van der Waals surface area contributed by atoms with Gasteiger partial charge in [-0.3, -0.25) is 14.7 Å². The van der Waals surface area contributed by atoms with Gasteiger partial charge in [0.2, 0.25) is 11.9 Å². The summed E-state index contributed by atoms with van der Waals surface area (Å²) in [6.07, 6.45) is 4.99. The predicted octanol–water partition coefficient (Wildman–Crippen LogP) is 0.555. The van der Waals surface area contributed by atoms with E-state index in [9.17, 15) is 4.79 Å². The van der Waals surface area contributed by atoms with Gasteiger partial charge in [-0.2, -0.15) is 0 Å². The highest BCUT2D eigenvalue weighted by Crippen LogP contribution is 2.20. The molecule has 3 aliphatic heterocycles. The van der Waals surface area contributed by atoms with Crippen molar-refractivity contribution in [3.8, 4) is 0 Å². The molecule has 0 bridgehead atoms. The lowest BCUT2D eigenvalue weighted by Gasteiger charge is -2.30. The van der Waals surface area contributed by atoms with Crippen LogP contribution >= 0.6 is 0 Å².